The van der Waals surface area contributed by atoms with Crippen LogP contribution in [0.2, 0.25) is 5.02 Å². The number of nitrogens with one attached hydrogen (secondary N) is 1. The summed E-state index contributed by atoms with van der Waals surface area (Å²) >= 11 is 5.99. The minimum Gasteiger partial charge on any atom is -0.462 e. The normalized spacial score (nSPS) is 16.6. The van der Waals surface area contributed by atoms with Gasteiger partial charge in [0.1, 0.15) is 0 Å². The van der Waals surface area contributed by atoms with Gasteiger partial charge in [0.2, 0.25) is 5.88 Å². The molecule has 0 saturated carbocycles. The smallest absolute Gasteiger partial charge is 0.417 e. The first kappa shape index (κ1) is 19.6. The van der Waals surface area contributed by atoms with Crippen molar-refractivity contribution in [1.82, 2.24) is 10.3 Å². The number of carbonyl (C=O) groups excluding carboxylic acids is 1. The predicted octanol–water partition coefficient (Wildman–Crippen LogP) is 6.31. The van der Waals surface area contributed by atoms with Crippen molar-refractivity contribution in [3.63, 3.8) is 0 Å². The summed E-state index contributed by atoms with van der Waals surface area (Å²) in [6.45, 7) is -5.73. The lowest BCUT2D eigenvalue weighted by Gasteiger charge is -2.30. The highest BCUT2D eigenvalue weighted by Gasteiger charge is 2.34. The standard InChI is InChI=1S/C27H25ClF3N3O2/c1-17(34-25(35)26(2,3)36-24-12-9-21(16-33-24)27(29,30)31)23(14-18-7-10-22(28)11-8-18)20-6-4-5-19(13-20)15-32/h4-13,16-17,23H,14H2,1-3H3,(H,34,35)/t17-,23+/m0/s1/i2D3,3D3. The zero-order chi connectivity index (χ0) is 31.5. The van der Waals surface area contributed by atoms with E-state index in [9.17, 15) is 23.2 Å². The van der Waals surface area contributed by atoms with Gasteiger partial charge in [-0.2, -0.15) is 18.4 Å². The summed E-state index contributed by atoms with van der Waals surface area (Å²) in [7, 11) is 0. The lowest BCUT2D eigenvalue weighted by atomic mass is 9.85. The van der Waals surface area contributed by atoms with E-state index in [0.29, 0.717) is 34.5 Å². The summed E-state index contributed by atoms with van der Waals surface area (Å²) in [5.74, 6) is -2.95. The van der Waals surface area contributed by atoms with Crippen molar-refractivity contribution in [2.75, 3.05) is 0 Å². The first-order chi connectivity index (χ1) is 19.4. The molecule has 36 heavy (non-hydrogen) atoms. The van der Waals surface area contributed by atoms with Gasteiger partial charge in [-0.25, -0.2) is 4.98 Å². The number of rotatable bonds is 8. The Morgan fingerprint density at radius 3 is 2.50 bits per heavy atom. The molecule has 2 aromatic carbocycles. The van der Waals surface area contributed by atoms with Gasteiger partial charge in [0.15, 0.2) is 5.60 Å². The van der Waals surface area contributed by atoms with Crippen molar-refractivity contribution in [3.05, 3.63) is 94.1 Å². The van der Waals surface area contributed by atoms with Gasteiger partial charge in [0.25, 0.3) is 5.91 Å². The fourth-order valence-electron chi connectivity index (χ4n) is 3.52. The maximum atomic E-state index is 13.7. The molecule has 0 saturated heterocycles. The summed E-state index contributed by atoms with van der Waals surface area (Å²) < 4.78 is 92.3. The average molecular weight is 522 g/mol. The number of benzene rings is 2. The molecule has 0 aliphatic rings. The Bertz CT molecular complexity index is 1430. The van der Waals surface area contributed by atoms with E-state index >= 15 is 0 Å². The van der Waals surface area contributed by atoms with Gasteiger partial charge in [0.05, 0.1) is 17.2 Å². The van der Waals surface area contributed by atoms with E-state index in [1.54, 1.807) is 48.5 Å². The monoisotopic (exact) mass is 521 g/mol. The van der Waals surface area contributed by atoms with Gasteiger partial charge in [-0.15, -0.1) is 0 Å². The van der Waals surface area contributed by atoms with Gasteiger partial charge in [-0.3, -0.25) is 4.79 Å². The van der Waals surface area contributed by atoms with Crippen molar-refractivity contribution in [2.24, 2.45) is 0 Å². The molecule has 9 heteroatoms. The molecule has 0 bridgehead atoms. The number of hydrogen-bond donors (Lipinski definition) is 1. The Labute approximate surface area is 221 Å². The molecule has 1 aromatic heterocycles. The third-order valence-corrected chi connectivity index (χ3v) is 5.67. The maximum Gasteiger partial charge on any atom is 0.417 e. The van der Waals surface area contributed by atoms with Crippen LogP contribution < -0.4 is 10.1 Å². The van der Waals surface area contributed by atoms with Crippen LogP contribution in [0.15, 0.2) is 66.9 Å². The number of hydrogen-bond acceptors (Lipinski definition) is 4. The summed E-state index contributed by atoms with van der Waals surface area (Å²) in [5, 5.41) is 12.3. The van der Waals surface area contributed by atoms with Crippen molar-refractivity contribution in [2.45, 2.75) is 50.8 Å². The summed E-state index contributed by atoms with van der Waals surface area (Å²) in [5.41, 5.74) is -3.04. The van der Waals surface area contributed by atoms with Gasteiger partial charge in [-0.1, -0.05) is 35.9 Å². The van der Waals surface area contributed by atoms with Gasteiger partial charge >= 0.3 is 6.18 Å². The van der Waals surface area contributed by atoms with E-state index in [1.807, 2.05) is 6.07 Å². The molecule has 0 unspecified atom stereocenters. The Hall–Kier alpha value is -3.57. The Morgan fingerprint density at radius 1 is 1.19 bits per heavy atom. The number of aromatic nitrogens is 1. The Balaban J connectivity index is 2.04. The topological polar surface area (TPSA) is 75.0 Å². The van der Waals surface area contributed by atoms with E-state index in [4.69, 9.17) is 24.6 Å². The molecule has 3 rings (SSSR count). The van der Waals surface area contributed by atoms with E-state index in [2.05, 4.69) is 10.3 Å². The molecule has 2 atom stereocenters. The van der Waals surface area contributed by atoms with Crippen LogP contribution in [0.3, 0.4) is 0 Å². The van der Waals surface area contributed by atoms with Crippen LogP contribution >= 0.6 is 11.6 Å². The Morgan fingerprint density at radius 2 is 1.92 bits per heavy atom. The summed E-state index contributed by atoms with van der Waals surface area (Å²) in [4.78, 5) is 17.1. The maximum absolute atomic E-state index is 13.7. The zero-order valence-corrected chi connectivity index (χ0v) is 19.7. The highest BCUT2D eigenvalue weighted by atomic mass is 35.5. The highest BCUT2D eigenvalue weighted by Crippen LogP contribution is 2.30. The molecule has 5 nitrogen and oxygen atoms in total. The van der Waals surface area contributed by atoms with Crippen LogP contribution in [-0.4, -0.2) is 22.5 Å². The lowest BCUT2D eigenvalue weighted by molar-refractivity contribution is -0.138. The molecule has 0 aliphatic heterocycles. The van der Waals surface area contributed by atoms with Crippen molar-refractivity contribution in [1.29, 1.82) is 5.26 Å². The molecule has 0 spiro atoms. The second-order valence-electron chi connectivity index (χ2n) is 8.10. The minimum atomic E-state index is -4.77. The fraction of sp³-hybridized carbons (Fsp3) is 0.296. The zero-order valence-electron chi connectivity index (χ0n) is 24.9. The molecule has 0 radical (unpaired) electrons. The number of carbonyl (C=O) groups is 1. The third-order valence-electron chi connectivity index (χ3n) is 5.42. The number of nitriles is 1. The molecule has 1 N–H and O–H groups in total. The van der Waals surface area contributed by atoms with Crippen molar-refractivity contribution < 1.29 is 30.9 Å². The molecule has 1 heterocycles. The van der Waals surface area contributed by atoms with Gasteiger partial charge in [-0.05, 0) is 68.5 Å². The first-order valence-corrected chi connectivity index (χ1v) is 11.0. The van der Waals surface area contributed by atoms with Crippen LogP contribution in [0, 0.1) is 11.3 Å². The van der Waals surface area contributed by atoms with Crippen LogP contribution in [0.5, 0.6) is 5.88 Å². The van der Waals surface area contributed by atoms with Gasteiger partial charge in [0, 0.05) is 37.5 Å². The lowest BCUT2D eigenvalue weighted by Crippen LogP contribution is -2.51. The Kier molecular flexibility index (Phi) is 5.99. The van der Waals surface area contributed by atoms with E-state index < -0.39 is 54.8 Å². The fourth-order valence-corrected chi connectivity index (χ4v) is 3.64. The molecule has 1 amide bonds. The van der Waals surface area contributed by atoms with Crippen LogP contribution in [0.4, 0.5) is 13.2 Å². The quantitative estimate of drug-likeness (QED) is 0.376. The van der Waals surface area contributed by atoms with Crippen LogP contribution in [0.25, 0.3) is 0 Å². The second-order valence-corrected chi connectivity index (χ2v) is 8.54. The first-order valence-electron chi connectivity index (χ1n) is 13.7. The van der Waals surface area contributed by atoms with E-state index in [-0.39, 0.29) is 6.42 Å². The highest BCUT2D eigenvalue weighted by molar-refractivity contribution is 6.30. The number of nitrogens with zero attached hydrogens (tertiary/aromatic N) is 2. The number of alkyl halides is 3. The molecule has 0 fully saturated rings. The number of halogens is 4. The largest absolute Gasteiger partial charge is 0.462 e. The van der Waals surface area contributed by atoms with Crippen molar-refractivity contribution in [3.8, 4) is 11.9 Å². The van der Waals surface area contributed by atoms with Crippen molar-refractivity contribution >= 4 is 17.5 Å². The van der Waals surface area contributed by atoms with Crippen LogP contribution in [-0.2, 0) is 17.4 Å². The minimum absolute atomic E-state index is 0.267. The van der Waals surface area contributed by atoms with E-state index in [1.165, 1.54) is 6.92 Å². The average Bonchev–Trinajstić information content (AvgIpc) is 2.89. The predicted molar refractivity (Wildman–Crippen MR) is 131 cm³/mol. The van der Waals surface area contributed by atoms with E-state index in [0.717, 1.165) is 5.56 Å². The SMILES string of the molecule is [2H]C([2H])([2H])C(Oc1ccc(C(F)(F)F)cn1)(C(=O)N[C@@H](C)[C@@H](Cc1ccc(Cl)cc1)c1cccc(C#N)c1)C([2H])([2H])[2H]. The van der Waals surface area contributed by atoms with Crippen LogP contribution in [0.1, 0.15) is 57.0 Å². The summed E-state index contributed by atoms with van der Waals surface area (Å²) in [6.07, 6.45) is -4.17. The third kappa shape index (κ3) is 6.98. The van der Waals surface area contributed by atoms with Gasteiger partial charge < -0.3 is 10.1 Å². The summed E-state index contributed by atoms with van der Waals surface area (Å²) in [6, 6.07) is 15.6. The molecule has 188 valence electrons. The molecular formula is C27H25ClF3N3O2. The number of amides is 1. The second kappa shape index (κ2) is 11.0. The molecular weight excluding hydrogens is 491 g/mol. The number of ether oxygens (including phenoxy) is 1. The molecule has 0 aliphatic carbocycles. The number of pyridine rings is 1. The molecule has 3 aromatic rings.